The topological polar surface area (TPSA) is 67.6 Å². The Kier molecular flexibility index (Phi) is 5.50. The smallest absolute Gasteiger partial charge is 0.269 e. The third-order valence-electron chi connectivity index (χ3n) is 5.07. The molecule has 1 heterocycles. The lowest BCUT2D eigenvalue weighted by molar-refractivity contribution is -0.384. The molecule has 0 unspecified atom stereocenters. The van der Waals surface area contributed by atoms with Gasteiger partial charge in [0.25, 0.3) is 5.69 Å². The highest BCUT2D eigenvalue weighted by atomic mass is 16.6. The summed E-state index contributed by atoms with van der Waals surface area (Å²) in [6, 6.07) is 19.3. The Balaban J connectivity index is 1.20. The number of nitrogens with one attached hydrogen (secondary N) is 1. The Labute approximate surface area is 163 Å². The molecule has 4 rings (SSSR count). The third-order valence-corrected chi connectivity index (χ3v) is 5.07. The van der Waals surface area contributed by atoms with E-state index in [4.69, 9.17) is 4.74 Å². The zero-order valence-electron chi connectivity index (χ0n) is 15.6. The lowest BCUT2D eigenvalue weighted by Gasteiger charge is -2.29. The SMILES string of the molecule is O=[N+]([O-])c1ccc(OCCNCCN2Cc3cccc4cccc(c34)C2)cc1. The Morgan fingerprint density at radius 3 is 2.29 bits per heavy atom. The molecule has 0 amide bonds. The molecule has 0 aliphatic carbocycles. The molecule has 28 heavy (non-hydrogen) atoms. The van der Waals surface area contributed by atoms with Crippen LogP contribution in [0.4, 0.5) is 5.69 Å². The van der Waals surface area contributed by atoms with Crippen LogP contribution in [0.2, 0.25) is 0 Å². The zero-order chi connectivity index (χ0) is 19.3. The quantitative estimate of drug-likeness (QED) is 0.368. The molecule has 6 nitrogen and oxygen atoms in total. The predicted molar refractivity (Wildman–Crippen MR) is 110 cm³/mol. The summed E-state index contributed by atoms with van der Waals surface area (Å²) in [5, 5.41) is 16.8. The van der Waals surface area contributed by atoms with Crippen LogP contribution < -0.4 is 10.1 Å². The van der Waals surface area contributed by atoms with E-state index in [0.29, 0.717) is 12.4 Å². The molecule has 0 atom stereocenters. The van der Waals surface area contributed by atoms with Crippen LogP contribution in [0.1, 0.15) is 11.1 Å². The molecule has 0 bridgehead atoms. The van der Waals surface area contributed by atoms with Crippen molar-refractivity contribution in [2.75, 3.05) is 26.2 Å². The Morgan fingerprint density at radius 1 is 0.964 bits per heavy atom. The molecular formula is C22H23N3O3. The minimum Gasteiger partial charge on any atom is -0.492 e. The van der Waals surface area contributed by atoms with Crippen molar-refractivity contribution >= 4 is 16.5 Å². The minimum atomic E-state index is -0.412. The van der Waals surface area contributed by atoms with Gasteiger partial charge in [-0.2, -0.15) is 0 Å². The lowest BCUT2D eigenvalue weighted by Crippen LogP contribution is -2.34. The number of hydrogen-bond donors (Lipinski definition) is 1. The summed E-state index contributed by atoms with van der Waals surface area (Å²) in [5.41, 5.74) is 2.88. The van der Waals surface area contributed by atoms with E-state index in [0.717, 1.165) is 32.7 Å². The van der Waals surface area contributed by atoms with Gasteiger partial charge >= 0.3 is 0 Å². The molecule has 0 radical (unpaired) electrons. The normalized spacial score (nSPS) is 13.6. The summed E-state index contributed by atoms with van der Waals surface area (Å²) in [7, 11) is 0. The van der Waals surface area contributed by atoms with Crippen LogP contribution in [-0.4, -0.2) is 36.1 Å². The van der Waals surface area contributed by atoms with Crippen molar-refractivity contribution in [2.24, 2.45) is 0 Å². The summed E-state index contributed by atoms with van der Waals surface area (Å²) in [5.74, 6) is 0.646. The molecule has 0 saturated carbocycles. The van der Waals surface area contributed by atoms with Gasteiger partial charge in [0.05, 0.1) is 4.92 Å². The first-order valence-electron chi connectivity index (χ1n) is 9.50. The number of rotatable bonds is 8. The van der Waals surface area contributed by atoms with E-state index in [9.17, 15) is 10.1 Å². The van der Waals surface area contributed by atoms with Crippen LogP contribution in [-0.2, 0) is 13.1 Å². The van der Waals surface area contributed by atoms with Crippen molar-refractivity contribution in [3.63, 3.8) is 0 Å². The van der Waals surface area contributed by atoms with Crippen molar-refractivity contribution in [1.82, 2.24) is 10.2 Å². The molecule has 0 spiro atoms. The van der Waals surface area contributed by atoms with Crippen molar-refractivity contribution in [1.29, 1.82) is 0 Å². The highest BCUT2D eigenvalue weighted by molar-refractivity contribution is 5.89. The van der Waals surface area contributed by atoms with Gasteiger partial charge in [0, 0.05) is 44.9 Å². The number of nitro groups is 1. The predicted octanol–water partition coefficient (Wildman–Crippen LogP) is 3.73. The van der Waals surface area contributed by atoms with E-state index in [1.807, 2.05) is 0 Å². The fourth-order valence-corrected chi connectivity index (χ4v) is 3.73. The second-order valence-electron chi connectivity index (χ2n) is 6.99. The van der Waals surface area contributed by atoms with E-state index in [2.05, 4.69) is 46.6 Å². The lowest BCUT2D eigenvalue weighted by atomic mass is 9.95. The van der Waals surface area contributed by atoms with Crippen molar-refractivity contribution in [3.05, 3.63) is 81.9 Å². The summed E-state index contributed by atoms with van der Waals surface area (Å²) >= 11 is 0. The molecule has 144 valence electrons. The van der Waals surface area contributed by atoms with E-state index in [1.165, 1.54) is 34.0 Å². The van der Waals surface area contributed by atoms with Gasteiger partial charge in [-0.25, -0.2) is 0 Å². The molecule has 1 N–H and O–H groups in total. The fraction of sp³-hybridized carbons (Fsp3) is 0.273. The average molecular weight is 377 g/mol. The summed E-state index contributed by atoms with van der Waals surface area (Å²) < 4.78 is 5.62. The first-order valence-corrected chi connectivity index (χ1v) is 9.50. The van der Waals surface area contributed by atoms with E-state index < -0.39 is 4.92 Å². The zero-order valence-corrected chi connectivity index (χ0v) is 15.6. The number of nitro benzene ring substituents is 1. The maximum absolute atomic E-state index is 10.6. The van der Waals surface area contributed by atoms with Crippen LogP contribution >= 0.6 is 0 Å². The first kappa shape index (κ1) is 18.4. The van der Waals surface area contributed by atoms with Crippen LogP contribution in [0.3, 0.4) is 0 Å². The second-order valence-corrected chi connectivity index (χ2v) is 6.99. The molecule has 0 aromatic heterocycles. The average Bonchev–Trinajstić information content (AvgIpc) is 2.71. The van der Waals surface area contributed by atoms with Crippen LogP contribution in [0.25, 0.3) is 10.8 Å². The van der Waals surface area contributed by atoms with E-state index in [1.54, 1.807) is 12.1 Å². The van der Waals surface area contributed by atoms with Gasteiger partial charge in [-0.3, -0.25) is 15.0 Å². The maximum Gasteiger partial charge on any atom is 0.269 e. The van der Waals surface area contributed by atoms with Crippen LogP contribution in [0, 0.1) is 10.1 Å². The number of hydrogen-bond acceptors (Lipinski definition) is 5. The number of ether oxygens (including phenoxy) is 1. The van der Waals surface area contributed by atoms with Crippen LogP contribution in [0.5, 0.6) is 5.75 Å². The van der Waals surface area contributed by atoms with Gasteiger partial charge in [-0.05, 0) is 34.0 Å². The fourth-order valence-electron chi connectivity index (χ4n) is 3.73. The second kappa shape index (κ2) is 8.37. The summed E-state index contributed by atoms with van der Waals surface area (Å²) in [4.78, 5) is 12.7. The highest BCUT2D eigenvalue weighted by Crippen LogP contribution is 2.29. The van der Waals surface area contributed by atoms with Gasteiger partial charge in [0.2, 0.25) is 0 Å². The summed E-state index contributed by atoms with van der Waals surface area (Å²) in [6.07, 6.45) is 0. The molecule has 3 aromatic rings. The Morgan fingerprint density at radius 2 is 1.64 bits per heavy atom. The summed E-state index contributed by atoms with van der Waals surface area (Å²) in [6.45, 7) is 5.09. The Bertz CT molecular complexity index is 932. The molecular weight excluding hydrogens is 354 g/mol. The van der Waals surface area contributed by atoms with Crippen molar-refractivity contribution < 1.29 is 9.66 Å². The van der Waals surface area contributed by atoms with Crippen molar-refractivity contribution in [3.8, 4) is 5.75 Å². The van der Waals surface area contributed by atoms with Gasteiger partial charge in [0.15, 0.2) is 0 Å². The minimum absolute atomic E-state index is 0.0734. The largest absolute Gasteiger partial charge is 0.492 e. The molecule has 1 aliphatic heterocycles. The monoisotopic (exact) mass is 377 g/mol. The van der Waals surface area contributed by atoms with E-state index >= 15 is 0 Å². The van der Waals surface area contributed by atoms with Gasteiger partial charge in [0.1, 0.15) is 12.4 Å². The molecule has 3 aromatic carbocycles. The third kappa shape index (κ3) is 4.13. The highest BCUT2D eigenvalue weighted by Gasteiger charge is 2.17. The first-order chi connectivity index (χ1) is 13.7. The van der Waals surface area contributed by atoms with Crippen LogP contribution in [0.15, 0.2) is 60.7 Å². The van der Waals surface area contributed by atoms with Gasteiger partial charge in [-0.1, -0.05) is 36.4 Å². The maximum atomic E-state index is 10.6. The molecule has 1 aliphatic rings. The van der Waals surface area contributed by atoms with Gasteiger partial charge < -0.3 is 10.1 Å². The number of non-ortho nitro benzene ring substituents is 1. The van der Waals surface area contributed by atoms with Gasteiger partial charge in [-0.15, -0.1) is 0 Å². The van der Waals surface area contributed by atoms with E-state index in [-0.39, 0.29) is 5.69 Å². The standard InChI is InChI=1S/C22H23N3O3/c26-25(27)20-7-9-21(10-8-20)28-14-12-23-11-13-24-15-18-5-1-3-17-4-2-6-19(16-24)22(17)18/h1-10,23H,11-16H2. The Hall–Kier alpha value is -2.96. The molecule has 0 fully saturated rings. The van der Waals surface area contributed by atoms with Crippen molar-refractivity contribution in [2.45, 2.75) is 13.1 Å². The number of nitrogens with zero attached hydrogens (tertiary/aromatic N) is 2. The number of benzene rings is 3. The molecule has 6 heteroatoms. The molecule has 0 saturated heterocycles.